The van der Waals surface area contributed by atoms with Gasteiger partial charge in [0.2, 0.25) is 5.95 Å². The summed E-state index contributed by atoms with van der Waals surface area (Å²) in [7, 11) is 0. The van der Waals surface area contributed by atoms with Gasteiger partial charge in [0.05, 0.1) is 6.61 Å². The first kappa shape index (κ1) is 13.9. The lowest BCUT2D eigenvalue weighted by Gasteiger charge is -2.18. The summed E-state index contributed by atoms with van der Waals surface area (Å²) in [5.41, 5.74) is 8.63. The minimum Gasteiger partial charge on any atom is -0.394 e. The van der Waals surface area contributed by atoms with Crippen molar-refractivity contribution in [2.45, 2.75) is 24.5 Å². The Morgan fingerprint density at radius 3 is 2.71 bits per heavy atom. The number of nitrogens with two attached hydrogens (primary N) is 2. The SMILES string of the molecule is NNc1nc2c(N)ncnc2n1[C@@H]1O[C@H](CO)C(O)C1O. The van der Waals surface area contributed by atoms with Gasteiger partial charge >= 0.3 is 0 Å². The molecule has 1 fully saturated rings. The van der Waals surface area contributed by atoms with E-state index in [9.17, 15) is 10.2 Å². The molecule has 3 rings (SSSR count). The van der Waals surface area contributed by atoms with Crippen LogP contribution in [0.4, 0.5) is 11.8 Å². The Morgan fingerprint density at radius 2 is 2.10 bits per heavy atom. The zero-order chi connectivity index (χ0) is 15.1. The van der Waals surface area contributed by atoms with Crippen molar-refractivity contribution in [2.24, 2.45) is 5.84 Å². The summed E-state index contributed by atoms with van der Waals surface area (Å²) in [6.07, 6.45) is -3.25. The maximum Gasteiger partial charge on any atom is 0.221 e. The molecular formula is C10H15N7O4. The van der Waals surface area contributed by atoms with Crippen molar-refractivity contribution in [3.8, 4) is 0 Å². The van der Waals surface area contributed by atoms with E-state index in [4.69, 9.17) is 21.4 Å². The van der Waals surface area contributed by atoms with Crippen molar-refractivity contribution in [1.29, 1.82) is 0 Å². The minimum atomic E-state index is -1.29. The summed E-state index contributed by atoms with van der Waals surface area (Å²) in [4.78, 5) is 12.0. The second-order valence-electron chi connectivity index (χ2n) is 4.61. The number of aromatic nitrogens is 4. The van der Waals surface area contributed by atoms with Crippen LogP contribution in [0.2, 0.25) is 0 Å². The molecule has 2 aromatic heterocycles. The van der Waals surface area contributed by atoms with Gasteiger partial charge in [-0.25, -0.2) is 20.8 Å². The topological polar surface area (TPSA) is 178 Å². The molecule has 0 radical (unpaired) electrons. The summed E-state index contributed by atoms with van der Waals surface area (Å²) in [5.74, 6) is 5.68. The van der Waals surface area contributed by atoms with Crippen LogP contribution in [0.25, 0.3) is 11.2 Å². The second-order valence-corrected chi connectivity index (χ2v) is 4.61. The highest BCUT2D eigenvalue weighted by Crippen LogP contribution is 2.34. The van der Waals surface area contributed by atoms with Gasteiger partial charge in [-0.15, -0.1) is 0 Å². The molecule has 2 aromatic rings. The van der Waals surface area contributed by atoms with Gasteiger partial charge in [0, 0.05) is 0 Å². The van der Waals surface area contributed by atoms with E-state index in [1.165, 1.54) is 10.9 Å². The zero-order valence-corrected chi connectivity index (χ0v) is 10.8. The molecule has 2 unspecified atom stereocenters. The summed E-state index contributed by atoms with van der Waals surface area (Å²) in [5, 5.41) is 29.1. The monoisotopic (exact) mass is 297 g/mol. The van der Waals surface area contributed by atoms with E-state index in [1.54, 1.807) is 0 Å². The van der Waals surface area contributed by atoms with Crippen molar-refractivity contribution in [3.63, 3.8) is 0 Å². The van der Waals surface area contributed by atoms with Crippen LogP contribution in [0.15, 0.2) is 6.33 Å². The Balaban J connectivity index is 2.14. The Hall–Kier alpha value is -2.05. The van der Waals surface area contributed by atoms with Crippen LogP contribution >= 0.6 is 0 Å². The average molecular weight is 297 g/mol. The van der Waals surface area contributed by atoms with Gasteiger partial charge in [-0.3, -0.25) is 9.99 Å². The third-order valence-corrected chi connectivity index (χ3v) is 3.41. The van der Waals surface area contributed by atoms with E-state index in [0.29, 0.717) is 0 Å². The van der Waals surface area contributed by atoms with Crippen molar-refractivity contribution in [2.75, 3.05) is 17.8 Å². The molecule has 1 aliphatic heterocycles. The molecule has 11 heteroatoms. The van der Waals surface area contributed by atoms with Gasteiger partial charge < -0.3 is 25.8 Å². The molecule has 0 amide bonds. The number of aliphatic hydroxyl groups excluding tert-OH is 3. The largest absolute Gasteiger partial charge is 0.394 e. The smallest absolute Gasteiger partial charge is 0.221 e. The van der Waals surface area contributed by atoms with E-state index < -0.39 is 31.1 Å². The van der Waals surface area contributed by atoms with Crippen LogP contribution in [0.1, 0.15) is 6.23 Å². The molecule has 0 aliphatic carbocycles. The molecule has 114 valence electrons. The van der Waals surface area contributed by atoms with Crippen LogP contribution in [-0.2, 0) is 4.74 Å². The predicted molar refractivity (Wildman–Crippen MR) is 70.6 cm³/mol. The van der Waals surface area contributed by atoms with Gasteiger partial charge in [0.1, 0.15) is 24.6 Å². The minimum absolute atomic E-state index is 0.132. The van der Waals surface area contributed by atoms with E-state index in [1.807, 2.05) is 0 Å². The van der Waals surface area contributed by atoms with Gasteiger partial charge in [-0.05, 0) is 0 Å². The van der Waals surface area contributed by atoms with Gasteiger partial charge in [0.25, 0.3) is 0 Å². The average Bonchev–Trinajstić information content (AvgIpc) is 2.99. The quantitative estimate of drug-likeness (QED) is 0.258. The number of nitrogens with zero attached hydrogens (tertiary/aromatic N) is 4. The highest BCUT2D eigenvalue weighted by Gasteiger charge is 2.45. The van der Waals surface area contributed by atoms with Crippen molar-refractivity contribution >= 4 is 22.9 Å². The van der Waals surface area contributed by atoms with Crippen molar-refractivity contribution in [1.82, 2.24) is 19.5 Å². The van der Waals surface area contributed by atoms with E-state index in [-0.39, 0.29) is 22.9 Å². The first-order valence-corrected chi connectivity index (χ1v) is 6.16. The zero-order valence-electron chi connectivity index (χ0n) is 10.8. The molecule has 4 atom stereocenters. The highest BCUT2D eigenvalue weighted by molar-refractivity contribution is 5.84. The Bertz CT molecular complexity index is 662. The standard InChI is InChI=1S/C10H15N7O4/c11-7-4-8(14-2-13-7)17(10(15-4)16-12)9-6(20)5(19)3(1-18)21-9/h2-3,5-6,9,18-20H,1,12H2,(H,15,16)(H2,11,13,14)/t3-,5?,6?,9-/m1/s1. The molecule has 21 heavy (non-hydrogen) atoms. The summed E-state index contributed by atoms with van der Waals surface area (Å²) < 4.78 is 6.80. The lowest BCUT2D eigenvalue weighted by atomic mass is 10.1. The molecule has 1 saturated heterocycles. The van der Waals surface area contributed by atoms with Crippen molar-refractivity contribution < 1.29 is 20.1 Å². The number of imidazole rings is 1. The lowest BCUT2D eigenvalue weighted by molar-refractivity contribution is -0.0501. The van der Waals surface area contributed by atoms with E-state index >= 15 is 0 Å². The molecule has 3 heterocycles. The number of hydrogen-bond donors (Lipinski definition) is 6. The fourth-order valence-electron chi connectivity index (χ4n) is 2.36. The summed E-state index contributed by atoms with van der Waals surface area (Å²) in [6, 6.07) is 0. The number of rotatable bonds is 3. The molecular weight excluding hydrogens is 282 g/mol. The normalized spacial score (nSPS) is 29.1. The Labute approximate surface area is 118 Å². The third kappa shape index (κ3) is 1.99. The molecule has 0 bridgehead atoms. The fourth-order valence-corrected chi connectivity index (χ4v) is 2.36. The highest BCUT2D eigenvalue weighted by atomic mass is 16.6. The molecule has 11 nitrogen and oxygen atoms in total. The van der Waals surface area contributed by atoms with Gasteiger partial charge in [-0.2, -0.15) is 0 Å². The fraction of sp³-hybridized carbons (Fsp3) is 0.500. The summed E-state index contributed by atoms with van der Waals surface area (Å²) >= 11 is 0. The maximum atomic E-state index is 10.1. The number of aliphatic hydroxyl groups is 3. The number of nitrogens with one attached hydrogen (secondary N) is 1. The molecule has 8 N–H and O–H groups in total. The Kier molecular flexibility index (Phi) is 3.35. The second kappa shape index (κ2) is 5.05. The first-order valence-electron chi connectivity index (χ1n) is 6.16. The molecule has 0 spiro atoms. The van der Waals surface area contributed by atoms with E-state index in [2.05, 4.69) is 20.4 Å². The predicted octanol–water partition coefficient (Wildman–Crippen LogP) is -2.69. The molecule has 1 aliphatic rings. The Morgan fingerprint density at radius 1 is 1.33 bits per heavy atom. The number of hydrazine groups is 1. The van der Waals surface area contributed by atoms with Gasteiger partial charge in [-0.1, -0.05) is 0 Å². The number of fused-ring (bicyclic) bond motifs is 1. The number of nitrogen functional groups attached to an aromatic ring is 2. The van der Waals surface area contributed by atoms with Crippen LogP contribution in [0.5, 0.6) is 0 Å². The number of hydrogen-bond acceptors (Lipinski definition) is 10. The molecule has 0 saturated carbocycles. The maximum absolute atomic E-state index is 10.1. The van der Waals surface area contributed by atoms with Crippen LogP contribution in [-0.4, -0.2) is 59.8 Å². The van der Waals surface area contributed by atoms with Crippen LogP contribution < -0.4 is 17.0 Å². The van der Waals surface area contributed by atoms with Crippen molar-refractivity contribution in [3.05, 3.63) is 6.33 Å². The summed E-state index contributed by atoms with van der Waals surface area (Å²) in [6.45, 7) is -0.441. The van der Waals surface area contributed by atoms with Gasteiger partial charge in [0.15, 0.2) is 23.2 Å². The van der Waals surface area contributed by atoms with E-state index in [0.717, 1.165) is 0 Å². The molecule has 0 aromatic carbocycles. The lowest BCUT2D eigenvalue weighted by Crippen LogP contribution is -2.33. The van der Waals surface area contributed by atoms with Crippen LogP contribution in [0, 0.1) is 0 Å². The first-order chi connectivity index (χ1) is 10.1. The number of ether oxygens (including phenoxy) is 1. The number of anilines is 2. The van der Waals surface area contributed by atoms with Crippen LogP contribution in [0.3, 0.4) is 0 Å². The third-order valence-electron chi connectivity index (χ3n) is 3.41.